The minimum Gasteiger partial charge on any atom is -0.505 e. The summed E-state index contributed by atoms with van der Waals surface area (Å²) in [5.74, 6) is -0.565. The van der Waals surface area contributed by atoms with Crippen LogP contribution in [0.5, 0.6) is 5.75 Å². The molecule has 0 bridgehead atoms. The lowest BCUT2D eigenvalue weighted by atomic mass is 10.2. The van der Waals surface area contributed by atoms with E-state index in [0.717, 1.165) is 0 Å². The highest BCUT2D eigenvalue weighted by molar-refractivity contribution is 6.06. The molecule has 17 heavy (non-hydrogen) atoms. The molecule has 1 heterocycles. The Balaban J connectivity index is 2.20. The number of nitrogens with two attached hydrogens (primary N) is 1. The molecule has 4 N–H and O–H groups in total. The summed E-state index contributed by atoms with van der Waals surface area (Å²) < 4.78 is 0. The van der Waals surface area contributed by atoms with Crippen LogP contribution in [0.3, 0.4) is 0 Å². The van der Waals surface area contributed by atoms with Crippen LogP contribution in [0, 0.1) is 0 Å². The number of aromatic hydroxyl groups is 1. The Morgan fingerprint density at radius 2 is 2.18 bits per heavy atom. The Hall–Kier alpha value is -2.56. The maximum atomic E-state index is 11.8. The molecule has 0 unspecified atom stereocenters. The summed E-state index contributed by atoms with van der Waals surface area (Å²) in [5.41, 5.74) is 6.89. The second-order valence-electron chi connectivity index (χ2n) is 3.47. The molecule has 0 saturated heterocycles. The summed E-state index contributed by atoms with van der Waals surface area (Å²) in [6, 6.07) is 8.25. The highest BCUT2D eigenvalue weighted by Gasteiger charge is 2.10. The SMILES string of the molecule is Nc1cccc(NC(=O)c2ccncc2O)c1. The van der Waals surface area contributed by atoms with Crippen molar-refractivity contribution in [3.63, 3.8) is 0 Å². The van der Waals surface area contributed by atoms with Gasteiger partial charge in [0.25, 0.3) is 5.91 Å². The van der Waals surface area contributed by atoms with Gasteiger partial charge in [0, 0.05) is 17.6 Å². The van der Waals surface area contributed by atoms with Gasteiger partial charge >= 0.3 is 0 Å². The first-order valence-corrected chi connectivity index (χ1v) is 4.96. The van der Waals surface area contributed by atoms with Crippen LogP contribution in [-0.4, -0.2) is 16.0 Å². The van der Waals surface area contributed by atoms with Crippen LogP contribution < -0.4 is 11.1 Å². The summed E-state index contributed by atoms with van der Waals surface area (Å²) in [4.78, 5) is 15.5. The number of nitrogen functional groups attached to an aromatic ring is 1. The number of aromatic nitrogens is 1. The van der Waals surface area contributed by atoms with E-state index in [1.165, 1.54) is 18.5 Å². The fourth-order valence-electron chi connectivity index (χ4n) is 1.39. The van der Waals surface area contributed by atoms with E-state index < -0.39 is 5.91 Å². The lowest BCUT2D eigenvalue weighted by Gasteiger charge is -2.06. The zero-order valence-electron chi connectivity index (χ0n) is 8.92. The predicted molar refractivity (Wildman–Crippen MR) is 64.7 cm³/mol. The normalized spacial score (nSPS) is 9.88. The average Bonchev–Trinajstić information content (AvgIpc) is 2.29. The quantitative estimate of drug-likeness (QED) is 0.683. The monoisotopic (exact) mass is 229 g/mol. The number of carbonyl (C=O) groups excluding carboxylic acids is 1. The van der Waals surface area contributed by atoms with Gasteiger partial charge in [-0.3, -0.25) is 9.78 Å². The van der Waals surface area contributed by atoms with Crippen molar-refractivity contribution in [3.05, 3.63) is 48.3 Å². The fourth-order valence-corrected chi connectivity index (χ4v) is 1.39. The summed E-state index contributed by atoms with van der Waals surface area (Å²) >= 11 is 0. The summed E-state index contributed by atoms with van der Waals surface area (Å²) in [7, 11) is 0. The standard InChI is InChI=1S/C12H11N3O2/c13-8-2-1-3-9(6-8)15-12(17)10-4-5-14-7-11(10)16/h1-7,16H,13H2,(H,15,17). The van der Waals surface area contributed by atoms with Gasteiger partial charge in [0.2, 0.25) is 0 Å². The molecular weight excluding hydrogens is 218 g/mol. The number of hydrogen-bond donors (Lipinski definition) is 3. The first-order valence-electron chi connectivity index (χ1n) is 4.96. The number of nitrogens with zero attached hydrogens (tertiary/aromatic N) is 1. The van der Waals surface area contributed by atoms with E-state index in [1.807, 2.05) is 0 Å². The van der Waals surface area contributed by atoms with Gasteiger partial charge in [-0.05, 0) is 24.3 Å². The fraction of sp³-hybridized carbons (Fsp3) is 0. The van der Waals surface area contributed by atoms with Gasteiger partial charge in [-0.1, -0.05) is 6.07 Å². The van der Waals surface area contributed by atoms with Gasteiger partial charge in [0.15, 0.2) is 0 Å². The van der Waals surface area contributed by atoms with Gasteiger partial charge in [0.1, 0.15) is 5.75 Å². The summed E-state index contributed by atoms with van der Waals surface area (Å²) in [6.45, 7) is 0. The van der Waals surface area contributed by atoms with Gasteiger partial charge in [-0.25, -0.2) is 0 Å². The Kier molecular flexibility index (Phi) is 2.91. The molecule has 5 nitrogen and oxygen atoms in total. The number of rotatable bonds is 2. The molecule has 5 heteroatoms. The molecule has 0 saturated carbocycles. The molecule has 2 rings (SSSR count). The van der Waals surface area contributed by atoms with Gasteiger partial charge < -0.3 is 16.2 Å². The van der Waals surface area contributed by atoms with Crippen molar-refractivity contribution in [2.75, 3.05) is 11.1 Å². The van der Waals surface area contributed by atoms with Crippen LogP contribution in [0.1, 0.15) is 10.4 Å². The van der Waals surface area contributed by atoms with E-state index in [-0.39, 0.29) is 11.3 Å². The molecular formula is C12H11N3O2. The molecule has 0 spiro atoms. The Morgan fingerprint density at radius 3 is 2.88 bits per heavy atom. The number of carbonyl (C=O) groups is 1. The molecule has 0 aliphatic heterocycles. The lowest BCUT2D eigenvalue weighted by Crippen LogP contribution is -2.12. The number of amides is 1. The second-order valence-corrected chi connectivity index (χ2v) is 3.47. The number of hydrogen-bond acceptors (Lipinski definition) is 4. The van der Waals surface area contributed by atoms with Crippen LogP contribution >= 0.6 is 0 Å². The van der Waals surface area contributed by atoms with Crippen LogP contribution in [0.4, 0.5) is 11.4 Å². The molecule has 2 aromatic rings. The Morgan fingerprint density at radius 1 is 1.35 bits per heavy atom. The first-order chi connectivity index (χ1) is 8.16. The molecule has 0 radical (unpaired) electrons. The molecule has 1 aromatic carbocycles. The Labute approximate surface area is 97.9 Å². The van der Waals surface area contributed by atoms with E-state index in [4.69, 9.17) is 5.73 Å². The number of nitrogens with one attached hydrogen (secondary N) is 1. The molecule has 1 amide bonds. The van der Waals surface area contributed by atoms with Crippen LogP contribution in [0.2, 0.25) is 0 Å². The van der Waals surface area contributed by atoms with E-state index in [9.17, 15) is 9.90 Å². The Bertz CT molecular complexity index is 555. The minimum absolute atomic E-state index is 0.158. The van der Waals surface area contributed by atoms with Crippen LogP contribution in [0.15, 0.2) is 42.7 Å². The van der Waals surface area contributed by atoms with Crippen molar-refractivity contribution in [1.29, 1.82) is 0 Å². The van der Waals surface area contributed by atoms with E-state index >= 15 is 0 Å². The van der Waals surface area contributed by atoms with E-state index in [1.54, 1.807) is 24.3 Å². The largest absolute Gasteiger partial charge is 0.505 e. The molecule has 0 aliphatic rings. The number of benzene rings is 1. The van der Waals surface area contributed by atoms with E-state index in [0.29, 0.717) is 11.4 Å². The highest BCUT2D eigenvalue weighted by atomic mass is 16.3. The summed E-state index contributed by atoms with van der Waals surface area (Å²) in [6.07, 6.45) is 2.66. The van der Waals surface area contributed by atoms with Gasteiger partial charge in [0.05, 0.1) is 11.8 Å². The summed E-state index contributed by atoms with van der Waals surface area (Å²) in [5, 5.41) is 12.1. The van der Waals surface area contributed by atoms with Crippen molar-refractivity contribution in [3.8, 4) is 5.75 Å². The maximum absolute atomic E-state index is 11.8. The van der Waals surface area contributed by atoms with Crippen molar-refractivity contribution in [1.82, 2.24) is 4.98 Å². The van der Waals surface area contributed by atoms with Gasteiger partial charge in [-0.2, -0.15) is 0 Å². The van der Waals surface area contributed by atoms with Crippen molar-refractivity contribution < 1.29 is 9.90 Å². The smallest absolute Gasteiger partial charge is 0.259 e. The van der Waals surface area contributed by atoms with Crippen molar-refractivity contribution >= 4 is 17.3 Å². The molecule has 1 aromatic heterocycles. The lowest BCUT2D eigenvalue weighted by molar-refractivity contribution is 0.102. The molecule has 0 atom stereocenters. The van der Waals surface area contributed by atoms with Crippen molar-refractivity contribution in [2.24, 2.45) is 0 Å². The molecule has 0 fully saturated rings. The highest BCUT2D eigenvalue weighted by Crippen LogP contribution is 2.17. The zero-order chi connectivity index (χ0) is 12.3. The third kappa shape index (κ3) is 2.52. The van der Waals surface area contributed by atoms with E-state index in [2.05, 4.69) is 10.3 Å². The third-order valence-corrected chi connectivity index (χ3v) is 2.19. The minimum atomic E-state index is -0.407. The van der Waals surface area contributed by atoms with Gasteiger partial charge in [-0.15, -0.1) is 0 Å². The number of pyridine rings is 1. The first kappa shape index (κ1) is 10.9. The topological polar surface area (TPSA) is 88.2 Å². The molecule has 86 valence electrons. The molecule has 0 aliphatic carbocycles. The average molecular weight is 229 g/mol. The van der Waals surface area contributed by atoms with Crippen molar-refractivity contribution in [2.45, 2.75) is 0 Å². The third-order valence-electron chi connectivity index (χ3n) is 2.19. The second kappa shape index (κ2) is 4.52. The predicted octanol–water partition coefficient (Wildman–Crippen LogP) is 1.62. The van der Waals surface area contributed by atoms with Crippen LogP contribution in [0.25, 0.3) is 0 Å². The number of anilines is 2. The zero-order valence-corrected chi connectivity index (χ0v) is 8.92. The van der Waals surface area contributed by atoms with Crippen LogP contribution in [-0.2, 0) is 0 Å². The maximum Gasteiger partial charge on any atom is 0.259 e.